The minimum absolute atomic E-state index is 0.254. The fourth-order valence-corrected chi connectivity index (χ4v) is 4.55. The van der Waals surface area contributed by atoms with Crippen LogP contribution in [0.3, 0.4) is 0 Å². The number of methoxy groups -OCH3 is 1. The van der Waals surface area contributed by atoms with Gasteiger partial charge in [-0.25, -0.2) is 0 Å². The minimum atomic E-state index is -4.88. The van der Waals surface area contributed by atoms with Crippen LogP contribution in [0.4, 0.5) is 13.2 Å². The van der Waals surface area contributed by atoms with Gasteiger partial charge in [0.05, 0.1) is 23.9 Å². The molecule has 0 amide bonds. The van der Waals surface area contributed by atoms with Crippen molar-refractivity contribution in [2.45, 2.75) is 44.0 Å². The summed E-state index contributed by atoms with van der Waals surface area (Å²) in [6.45, 7) is 2.57. The fourth-order valence-electron chi connectivity index (χ4n) is 3.72. The van der Waals surface area contributed by atoms with Gasteiger partial charge in [0.1, 0.15) is 5.75 Å². The van der Waals surface area contributed by atoms with Gasteiger partial charge in [-0.05, 0) is 34.9 Å². The third-order valence-corrected chi connectivity index (χ3v) is 6.03. The van der Waals surface area contributed by atoms with Crippen LogP contribution < -0.4 is 10.2 Å². The van der Waals surface area contributed by atoms with Crippen LogP contribution in [0.2, 0.25) is 0 Å². The maximum absolute atomic E-state index is 14.1. The summed E-state index contributed by atoms with van der Waals surface area (Å²) in [5.74, 6) is 0.464. The van der Waals surface area contributed by atoms with E-state index in [2.05, 4.69) is 0 Å². The molecule has 0 aliphatic carbocycles. The molecule has 0 fully saturated rings. The molecule has 3 aromatic rings. The zero-order valence-corrected chi connectivity index (χ0v) is 17.1. The highest BCUT2D eigenvalue weighted by molar-refractivity contribution is 7.17. The van der Waals surface area contributed by atoms with Crippen LogP contribution in [0.5, 0.6) is 5.75 Å². The van der Waals surface area contributed by atoms with Gasteiger partial charge in [-0.3, -0.25) is 4.79 Å². The molecule has 3 rings (SSSR count). The predicted molar refractivity (Wildman–Crippen MR) is 108 cm³/mol. The number of hydrogen-bond acceptors (Lipinski definition) is 4. The Morgan fingerprint density at radius 1 is 1.14 bits per heavy atom. The van der Waals surface area contributed by atoms with Crippen molar-refractivity contribution >= 4 is 21.6 Å². The van der Waals surface area contributed by atoms with Gasteiger partial charge in [-0.15, -0.1) is 11.3 Å². The van der Waals surface area contributed by atoms with E-state index in [9.17, 15) is 23.1 Å². The second-order valence-electron chi connectivity index (χ2n) is 7.73. The van der Waals surface area contributed by atoms with Crippen LogP contribution in [0, 0.1) is 0 Å². The lowest BCUT2D eigenvalue weighted by atomic mass is 9.74. The number of aliphatic hydroxyl groups is 1. The highest BCUT2D eigenvalue weighted by Gasteiger charge is 2.56. The average Bonchev–Trinajstić information content (AvgIpc) is 3.14. The SMILES string of the molecule is COc1ccccc1C(C)(C)CC(O)(Cn1ccc(=O)c2sccc21)C(F)(F)F. The third kappa shape index (κ3) is 4.04. The zero-order valence-electron chi connectivity index (χ0n) is 16.3. The van der Waals surface area contributed by atoms with Crippen LogP contribution in [0.1, 0.15) is 25.8 Å². The van der Waals surface area contributed by atoms with Crippen molar-refractivity contribution in [1.82, 2.24) is 4.57 Å². The molecular weight excluding hydrogens is 403 g/mol. The molecular formula is C21H22F3NO3S. The maximum atomic E-state index is 14.1. The third-order valence-electron chi connectivity index (χ3n) is 5.11. The number of hydrogen-bond donors (Lipinski definition) is 1. The summed E-state index contributed by atoms with van der Waals surface area (Å²) in [4.78, 5) is 11.9. The summed E-state index contributed by atoms with van der Waals surface area (Å²) in [5.41, 5.74) is -3.35. The number of benzene rings is 1. The van der Waals surface area contributed by atoms with Crippen molar-refractivity contribution in [3.05, 3.63) is 63.8 Å². The highest BCUT2D eigenvalue weighted by atomic mass is 32.1. The summed E-state index contributed by atoms with van der Waals surface area (Å²) in [7, 11) is 1.46. The van der Waals surface area contributed by atoms with Crippen molar-refractivity contribution in [3.8, 4) is 5.75 Å². The van der Waals surface area contributed by atoms with E-state index in [1.54, 1.807) is 49.6 Å². The van der Waals surface area contributed by atoms with Gasteiger partial charge < -0.3 is 14.4 Å². The van der Waals surface area contributed by atoms with Crippen molar-refractivity contribution in [1.29, 1.82) is 0 Å². The largest absolute Gasteiger partial charge is 0.496 e. The molecule has 1 N–H and O–H groups in total. The smallest absolute Gasteiger partial charge is 0.418 e. The van der Waals surface area contributed by atoms with Crippen molar-refractivity contribution in [2.75, 3.05) is 7.11 Å². The fraction of sp³-hybridized carbons (Fsp3) is 0.381. The molecule has 1 atom stereocenters. The summed E-state index contributed by atoms with van der Waals surface area (Å²) in [6, 6.07) is 9.65. The predicted octanol–water partition coefficient (Wildman–Crippen LogP) is 4.73. The first kappa shape index (κ1) is 21.4. The van der Waals surface area contributed by atoms with Crippen LogP contribution in [0.15, 0.2) is 52.8 Å². The first-order valence-corrected chi connectivity index (χ1v) is 9.86. The number of halogens is 3. The number of fused-ring (bicyclic) bond motifs is 1. The maximum Gasteiger partial charge on any atom is 0.418 e. The Morgan fingerprint density at radius 3 is 2.48 bits per heavy atom. The number of para-hydroxylation sites is 1. The molecule has 1 unspecified atom stereocenters. The van der Waals surface area contributed by atoms with E-state index < -0.39 is 30.2 Å². The molecule has 0 bridgehead atoms. The Labute approximate surface area is 170 Å². The molecule has 8 heteroatoms. The van der Waals surface area contributed by atoms with Crippen molar-refractivity contribution in [2.24, 2.45) is 0 Å². The van der Waals surface area contributed by atoms with Gasteiger partial charge in [-0.1, -0.05) is 32.0 Å². The van der Waals surface area contributed by atoms with Gasteiger partial charge in [0.15, 0.2) is 11.0 Å². The molecule has 2 aromatic heterocycles. The molecule has 2 heterocycles. The molecule has 1 aromatic carbocycles. The standard InChI is InChI=1S/C21H22F3NO3S/c1-19(2,14-6-4-5-7-17(14)28-3)12-20(27,21(22,23)24)13-25-10-8-16(26)18-15(25)9-11-29-18/h4-11,27H,12-13H2,1-3H3. The van der Waals surface area contributed by atoms with E-state index in [0.29, 0.717) is 21.5 Å². The van der Waals surface area contributed by atoms with Crippen LogP contribution in [0.25, 0.3) is 10.2 Å². The van der Waals surface area contributed by atoms with Gasteiger partial charge in [-0.2, -0.15) is 13.2 Å². The molecule has 0 saturated heterocycles. The second-order valence-corrected chi connectivity index (χ2v) is 8.65. The normalized spacial score (nSPS) is 14.7. The Balaban J connectivity index is 2.04. The van der Waals surface area contributed by atoms with Gasteiger partial charge in [0, 0.05) is 12.3 Å². The number of aromatic nitrogens is 1. The molecule has 0 aliphatic heterocycles. The van der Waals surface area contributed by atoms with E-state index >= 15 is 0 Å². The lowest BCUT2D eigenvalue weighted by Crippen LogP contribution is -2.52. The lowest BCUT2D eigenvalue weighted by Gasteiger charge is -2.39. The Hall–Kier alpha value is -2.32. The number of pyridine rings is 1. The first-order chi connectivity index (χ1) is 13.5. The summed E-state index contributed by atoms with van der Waals surface area (Å²) in [5, 5.41) is 12.5. The summed E-state index contributed by atoms with van der Waals surface area (Å²) >= 11 is 1.16. The highest BCUT2D eigenvalue weighted by Crippen LogP contribution is 2.44. The minimum Gasteiger partial charge on any atom is -0.496 e. The van der Waals surface area contributed by atoms with Crippen LogP contribution in [-0.4, -0.2) is 28.6 Å². The first-order valence-electron chi connectivity index (χ1n) is 8.98. The Kier molecular flexibility index (Phi) is 5.53. The quantitative estimate of drug-likeness (QED) is 0.621. The molecule has 4 nitrogen and oxygen atoms in total. The topological polar surface area (TPSA) is 51.5 Å². The average molecular weight is 425 g/mol. The van der Waals surface area contributed by atoms with Crippen LogP contribution >= 0.6 is 11.3 Å². The number of rotatable bonds is 6. The molecule has 0 saturated carbocycles. The van der Waals surface area contributed by atoms with E-state index in [0.717, 1.165) is 11.3 Å². The number of thiophene rings is 1. The Bertz CT molecular complexity index is 1070. The molecule has 0 aliphatic rings. The van der Waals surface area contributed by atoms with Gasteiger partial charge in [0.25, 0.3) is 0 Å². The Morgan fingerprint density at radius 2 is 1.83 bits per heavy atom. The van der Waals surface area contributed by atoms with E-state index in [4.69, 9.17) is 4.74 Å². The van der Waals surface area contributed by atoms with E-state index in [1.807, 2.05) is 0 Å². The molecule has 156 valence electrons. The monoisotopic (exact) mass is 425 g/mol. The molecule has 0 spiro atoms. The molecule has 0 radical (unpaired) electrons. The number of ether oxygens (including phenoxy) is 1. The summed E-state index contributed by atoms with van der Waals surface area (Å²) in [6.07, 6.45) is -4.16. The van der Waals surface area contributed by atoms with Gasteiger partial charge in [0.2, 0.25) is 0 Å². The van der Waals surface area contributed by atoms with Gasteiger partial charge >= 0.3 is 6.18 Å². The van der Waals surface area contributed by atoms with Crippen molar-refractivity contribution < 1.29 is 23.0 Å². The zero-order chi connectivity index (χ0) is 21.4. The number of nitrogens with zero attached hydrogens (tertiary/aromatic N) is 1. The second kappa shape index (κ2) is 7.50. The summed E-state index contributed by atoms with van der Waals surface area (Å²) < 4.78 is 49.2. The molecule has 29 heavy (non-hydrogen) atoms. The lowest BCUT2D eigenvalue weighted by molar-refractivity contribution is -0.271. The van der Waals surface area contributed by atoms with Crippen molar-refractivity contribution in [3.63, 3.8) is 0 Å². The van der Waals surface area contributed by atoms with E-state index in [1.165, 1.54) is 23.9 Å². The van der Waals surface area contributed by atoms with Crippen LogP contribution in [-0.2, 0) is 12.0 Å². The number of alkyl halides is 3. The van der Waals surface area contributed by atoms with E-state index in [-0.39, 0.29) is 5.43 Å².